The smallest absolute Gasteiger partial charge is 0.129 e. The summed E-state index contributed by atoms with van der Waals surface area (Å²) in [4.78, 5) is 0. The molecule has 0 aliphatic carbocycles. The maximum atomic E-state index is 13.8. The minimum atomic E-state index is -0.294. The van der Waals surface area contributed by atoms with Gasteiger partial charge in [0.15, 0.2) is 0 Å². The largest absolute Gasteiger partial charge is 0.313 e. The van der Waals surface area contributed by atoms with Gasteiger partial charge in [0.05, 0.1) is 5.69 Å². The van der Waals surface area contributed by atoms with Gasteiger partial charge in [-0.1, -0.05) is 17.7 Å². The zero-order valence-electron chi connectivity index (χ0n) is 10.3. The lowest BCUT2D eigenvalue weighted by atomic mass is 10.0. The number of halogens is 2. The second-order valence-corrected chi connectivity index (χ2v) is 4.57. The molecule has 2 rings (SSSR count). The number of rotatable bonds is 4. The lowest BCUT2D eigenvalue weighted by Gasteiger charge is -2.17. The van der Waals surface area contributed by atoms with Crippen LogP contribution in [0.3, 0.4) is 0 Å². The molecule has 18 heavy (non-hydrogen) atoms. The van der Waals surface area contributed by atoms with Gasteiger partial charge in [-0.3, -0.25) is 4.68 Å². The van der Waals surface area contributed by atoms with E-state index in [2.05, 4.69) is 10.4 Å². The number of nitrogens with one attached hydrogen (secondary N) is 1. The molecule has 1 aromatic carbocycles. The van der Waals surface area contributed by atoms with Crippen molar-refractivity contribution in [1.29, 1.82) is 0 Å². The first-order chi connectivity index (χ1) is 8.61. The van der Waals surface area contributed by atoms with Crippen LogP contribution in [0.1, 0.15) is 17.3 Å². The summed E-state index contributed by atoms with van der Waals surface area (Å²) in [5, 5.41) is 7.81. The number of hydrogen-bond donors (Lipinski definition) is 1. The molecular formula is C13H15ClFN3. The third-order valence-corrected chi connectivity index (χ3v) is 3.21. The van der Waals surface area contributed by atoms with Crippen molar-refractivity contribution < 1.29 is 4.39 Å². The van der Waals surface area contributed by atoms with E-state index in [0.29, 0.717) is 17.0 Å². The van der Waals surface area contributed by atoms with Crippen molar-refractivity contribution in [3.8, 4) is 0 Å². The molecule has 96 valence electrons. The van der Waals surface area contributed by atoms with E-state index in [1.807, 2.05) is 19.3 Å². The molecule has 1 aromatic heterocycles. The molecule has 0 aliphatic rings. The SMILES string of the molecule is CNC(Cc1ccn(C)n1)c1c(F)cccc1Cl. The Balaban J connectivity index is 2.28. The number of aryl methyl sites for hydroxylation is 1. The van der Waals surface area contributed by atoms with Crippen molar-refractivity contribution in [2.45, 2.75) is 12.5 Å². The van der Waals surface area contributed by atoms with Crippen molar-refractivity contribution in [3.63, 3.8) is 0 Å². The van der Waals surface area contributed by atoms with Crippen LogP contribution in [0.4, 0.5) is 4.39 Å². The van der Waals surface area contributed by atoms with Gasteiger partial charge in [0.1, 0.15) is 5.82 Å². The Morgan fingerprint density at radius 3 is 2.78 bits per heavy atom. The zero-order chi connectivity index (χ0) is 13.1. The van der Waals surface area contributed by atoms with Gasteiger partial charge >= 0.3 is 0 Å². The molecule has 1 heterocycles. The summed E-state index contributed by atoms with van der Waals surface area (Å²) in [5.74, 6) is -0.294. The maximum absolute atomic E-state index is 13.8. The normalized spacial score (nSPS) is 12.7. The second-order valence-electron chi connectivity index (χ2n) is 4.16. The van der Waals surface area contributed by atoms with Crippen LogP contribution in [0.15, 0.2) is 30.5 Å². The van der Waals surface area contributed by atoms with Crippen molar-refractivity contribution in [2.75, 3.05) is 7.05 Å². The summed E-state index contributed by atoms with van der Waals surface area (Å²) in [5.41, 5.74) is 1.39. The average Bonchev–Trinajstić information content (AvgIpc) is 2.73. The van der Waals surface area contributed by atoms with E-state index in [4.69, 9.17) is 11.6 Å². The third-order valence-electron chi connectivity index (χ3n) is 2.88. The first kappa shape index (κ1) is 13.1. The fraction of sp³-hybridized carbons (Fsp3) is 0.308. The molecule has 0 aliphatic heterocycles. The molecule has 0 amide bonds. The Bertz CT molecular complexity index is 519. The predicted octanol–water partition coefficient (Wildman–Crippen LogP) is 2.72. The Morgan fingerprint density at radius 1 is 1.44 bits per heavy atom. The van der Waals surface area contributed by atoms with Gasteiger partial charge in [-0.15, -0.1) is 0 Å². The number of aromatic nitrogens is 2. The standard InChI is InChI=1S/C13H15ClFN3/c1-16-12(8-9-6-7-18(2)17-9)13-10(14)4-3-5-11(13)15/h3-7,12,16H,8H2,1-2H3. The minimum Gasteiger partial charge on any atom is -0.313 e. The summed E-state index contributed by atoms with van der Waals surface area (Å²) >= 11 is 6.07. The highest BCUT2D eigenvalue weighted by atomic mass is 35.5. The Hall–Kier alpha value is -1.39. The predicted molar refractivity (Wildman–Crippen MR) is 70.1 cm³/mol. The molecule has 0 saturated carbocycles. The van der Waals surface area contributed by atoms with E-state index >= 15 is 0 Å². The quantitative estimate of drug-likeness (QED) is 0.923. The second kappa shape index (κ2) is 5.50. The summed E-state index contributed by atoms with van der Waals surface area (Å²) in [6.07, 6.45) is 2.46. The average molecular weight is 268 g/mol. The fourth-order valence-electron chi connectivity index (χ4n) is 1.97. The molecule has 0 radical (unpaired) electrons. The van der Waals surface area contributed by atoms with E-state index in [9.17, 15) is 4.39 Å². The van der Waals surface area contributed by atoms with Crippen molar-refractivity contribution in [2.24, 2.45) is 7.05 Å². The molecule has 1 atom stereocenters. The maximum Gasteiger partial charge on any atom is 0.129 e. The van der Waals surface area contributed by atoms with Gasteiger partial charge in [-0.05, 0) is 25.2 Å². The lowest BCUT2D eigenvalue weighted by molar-refractivity contribution is 0.527. The molecule has 0 saturated heterocycles. The Labute approximate surface area is 111 Å². The van der Waals surface area contributed by atoms with Crippen LogP contribution in [0.2, 0.25) is 5.02 Å². The van der Waals surface area contributed by atoms with E-state index in [-0.39, 0.29) is 11.9 Å². The van der Waals surface area contributed by atoms with Crippen LogP contribution in [-0.2, 0) is 13.5 Å². The number of hydrogen-bond acceptors (Lipinski definition) is 2. The van der Waals surface area contributed by atoms with E-state index in [0.717, 1.165) is 5.69 Å². The van der Waals surface area contributed by atoms with Crippen LogP contribution in [-0.4, -0.2) is 16.8 Å². The lowest BCUT2D eigenvalue weighted by Crippen LogP contribution is -2.20. The summed E-state index contributed by atoms with van der Waals surface area (Å²) in [6.45, 7) is 0. The highest BCUT2D eigenvalue weighted by Crippen LogP contribution is 2.27. The van der Waals surface area contributed by atoms with Crippen molar-refractivity contribution >= 4 is 11.6 Å². The summed E-state index contributed by atoms with van der Waals surface area (Å²) < 4.78 is 15.6. The molecule has 0 bridgehead atoms. The number of benzene rings is 1. The molecule has 2 aromatic rings. The highest BCUT2D eigenvalue weighted by molar-refractivity contribution is 6.31. The molecule has 1 unspecified atom stereocenters. The van der Waals surface area contributed by atoms with Crippen molar-refractivity contribution in [1.82, 2.24) is 15.1 Å². The van der Waals surface area contributed by atoms with E-state index < -0.39 is 0 Å². The Morgan fingerprint density at radius 2 is 2.22 bits per heavy atom. The highest BCUT2D eigenvalue weighted by Gasteiger charge is 2.18. The third kappa shape index (κ3) is 2.71. The first-order valence-corrected chi connectivity index (χ1v) is 6.09. The first-order valence-electron chi connectivity index (χ1n) is 5.71. The van der Waals surface area contributed by atoms with Crippen LogP contribution >= 0.6 is 11.6 Å². The van der Waals surface area contributed by atoms with Gasteiger partial charge in [0.25, 0.3) is 0 Å². The zero-order valence-corrected chi connectivity index (χ0v) is 11.1. The fourth-order valence-corrected chi connectivity index (χ4v) is 2.27. The van der Waals surface area contributed by atoms with Gasteiger partial charge in [-0.2, -0.15) is 5.10 Å². The van der Waals surface area contributed by atoms with Gasteiger partial charge in [-0.25, -0.2) is 4.39 Å². The molecule has 0 fully saturated rings. The van der Waals surface area contributed by atoms with Gasteiger partial charge in [0, 0.05) is 36.3 Å². The molecule has 3 nitrogen and oxygen atoms in total. The van der Waals surface area contributed by atoms with Crippen LogP contribution in [0.5, 0.6) is 0 Å². The number of nitrogens with zero attached hydrogens (tertiary/aromatic N) is 2. The van der Waals surface area contributed by atoms with Crippen LogP contribution in [0, 0.1) is 5.82 Å². The van der Waals surface area contributed by atoms with Crippen LogP contribution in [0.25, 0.3) is 0 Å². The Kier molecular flexibility index (Phi) is 3.99. The topological polar surface area (TPSA) is 29.9 Å². The monoisotopic (exact) mass is 267 g/mol. The molecule has 0 spiro atoms. The van der Waals surface area contributed by atoms with E-state index in [1.54, 1.807) is 23.9 Å². The summed E-state index contributed by atoms with van der Waals surface area (Å²) in [7, 11) is 3.64. The number of likely N-dealkylation sites (N-methyl/N-ethyl adjacent to an activating group) is 1. The van der Waals surface area contributed by atoms with Crippen molar-refractivity contribution in [3.05, 3.63) is 52.6 Å². The molecular weight excluding hydrogens is 253 g/mol. The summed E-state index contributed by atoms with van der Waals surface area (Å²) in [6, 6.07) is 6.45. The molecule has 1 N–H and O–H groups in total. The van der Waals surface area contributed by atoms with E-state index in [1.165, 1.54) is 6.07 Å². The van der Waals surface area contributed by atoms with Crippen LogP contribution < -0.4 is 5.32 Å². The molecule has 5 heteroatoms. The van der Waals surface area contributed by atoms with Gasteiger partial charge in [0.2, 0.25) is 0 Å². The minimum absolute atomic E-state index is 0.186. The van der Waals surface area contributed by atoms with Gasteiger partial charge < -0.3 is 5.32 Å².